The Balaban J connectivity index is 2.42. The molecule has 4 N–H and O–H groups in total. The summed E-state index contributed by atoms with van der Waals surface area (Å²) in [5, 5.41) is 4.27. The van der Waals surface area contributed by atoms with Crippen LogP contribution < -0.4 is 16.4 Å². The second kappa shape index (κ2) is 5.01. The minimum absolute atomic E-state index is 0.132. The highest BCUT2D eigenvalue weighted by atomic mass is 32.2. The van der Waals surface area contributed by atoms with E-state index in [2.05, 4.69) is 5.10 Å². The molecule has 0 amide bonds. The third kappa shape index (κ3) is 2.69. The van der Waals surface area contributed by atoms with Crippen LogP contribution in [0.2, 0.25) is 0 Å². The van der Waals surface area contributed by atoms with E-state index in [1.807, 2.05) is 4.90 Å². The molecular weight excluding hydrogens is 266 g/mol. The molecular formula is C11H21N5O2S. The predicted octanol–water partition coefficient (Wildman–Crippen LogP) is -0.419. The number of hydrogen-bond donors (Lipinski definition) is 2. The fourth-order valence-electron chi connectivity index (χ4n) is 2.52. The molecule has 0 radical (unpaired) electrons. The van der Waals surface area contributed by atoms with Gasteiger partial charge < -0.3 is 16.4 Å². The molecule has 2 rings (SSSR count). The average Bonchev–Trinajstić information content (AvgIpc) is 2.65. The van der Waals surface area contributed by atoms with Crippen molar-refractivity contribution in [2.45, 2.75) is 17.7 Å². The van der Waals surface area contributed by atoms with Gasteiger partial charge in [-0.1, -0.05) is 0 Å². The largest absolute Gasteiger partial charge is 0.383 e. The third-order valence-corrected chi connectivity index (χ3v) is 4.69. The van der Waals surface area contributed by atoms with Gasteiger partial charge in [-0.25, -0.2) is 13.1 Å². The van der Waals surface area contributed by atoms with E-state index in [9.17, 15) is 8.42 Å². The topological polar surface area (TPSA) is 107 Å². The molecule has 0 aromatic carbocycles. The van der Waals surface area contributed by atoms with E-state index < -0.39 is 9.84 Å². The molecule has 0 saturated carbocycles. The van der Waals surface area contributed by atoms with Crippen LogP contribution in [0.4, 0.5) is 11.6 Å². The van der Waals surface area contributed by atoms with Crippen LogP contribution in [0.1, 0.15) is 12.8 Å². The summed E-state index contributed by atoms with van der Waals surface area (Å²) in [6.45, 7) is 2.12. The van der Waals surface area contributed by atoms with Crippen molar-refractivity contribution in [2.24, 2.45) is 18.7 Å². The van der Waals surface area contributed by atoms with Crippen LogP contribution in [0.15, 0.2) is 4.90 Å². The molecule has 1 aromatic heterocycles. The molecule has 108 valence electrons. The van der Waals surface area contributed by atoms with Crippen LogP contribution in [0.25, 0.3) is 0 Å². The van der Waals surface area contributed by atoms with Crippen molar-refractivity contribution in [3.8, 4) is 0 Å². The van der Waals surface area contributed by atoms with Gasteiger partial charge in [-0.05, 0) is 25.3 Å². The smallest absolute Gasteiger partial charge is 0.182 e. The monoisotopic (exact) mass is 287 g/mol. The molecule has 1 aliphatic rings. The lowest BCUT2D eigenvalue weighted by molar-refractivity contribution is 0.419. The lowest BCUT2D eigenvalue weighted by Gasteiger charge is -2.32. The molecule has 0 spiro atoms. The third-order valence-electron chi connectivity index (χ3n) is 3.55. The van der Waals surface area contributed by atoms with Crippen molar-refractivity contribution in [3.63, 3.8) is 0 Å². The number of sulfone groups is 1. The van der Waals surface area contributed by atoms with Gasteiger partial charge in [0.05, 0.1) is 0 Å². The summed E-state index contributed by atoms with van der Waals surface area (Å²) in [6.07, 6.45) is 3.22. The fourth-order valence-corrected chi connectivity index (χ4v) is 3.53. The Morgan fingerprint density at radius 1 is 1.47 bits per heavy atom. The SMILES string of the molecule is Cn1nc(N2CCCC(CN)C2)c(S(C)(=O)=O)c1N. The Labute approximate surface area is 113 Å². The molecule has 7 nitrogen and oxygen atoms in total. The maximum atomic E-state index is 11.9. The van der Waals surface area contributed by atoms with Crippen molar-refractivity contribution in [3.05, 3.63) is 0 Å². The first-order valence-electron chi connectivity index (χ1n) is 6.32. The van der Waals surface area contributed by atoms with Crippen molar-refractivity contribution in [2.75, 3.05) is 36.5 Å². The summed E-state index contributed by atoms with van der Waals surface area (Å²) in [5.74, 6) is 1.03. The highest BCUT2D eigenvalue weighted by Gasteiger charge is 2.29. The van der Waals surface area contributed by atoms with Crippen molar-refractivity contribution in [1.82, 2.24) is 9.78 Å². The number of nitrogen functional groups attached to an aromatic ring is 1. The van der Waals surface area contributed by atoms with Gasteiger partial charge in [0.1, 0.15) is 5.82 Å². The highest BCUT2D eigenvalue weighted by molar-refractivity contribution is 7.91. The van der Waals surface area contributed by atoms with E-state index in [1.54, 1.807) is 7.05 Å². The molecule has 1 atom stereocenters. The first-order chi connectivity index (χ1) is 8.84. The summed E-state index contributed by atoms with van der Waals surface area (Å²) < 4.78 is 25.2. The number of piperidine rings is 1. The zero-order valence-corrected chi connectivity index (χ0v) is 12.2. The van der Waals surface area contributed by atoms with E-state index in [0.717, 1.165) is 32.2 Å². The minimum Gasteiger partial charge on any atom is -0.383 e. The molecule has 1 aromatic rings. The number of nitrogens with zero attached hydrogens (tertiary/aromatic N) is 3. The summed E-state index contributed by atoms with van der Waals surface area (Å²) in [6, 6.07) is 0. The number of hydrogen-bond acceptors (Lipinski definition) is 6. The number of nitrogens with two attached hydrogens (primary N) is 2. The normalized spacial score (nSPS) is 20.8. The fraction of sp³-hybridized carbons (Fsp3) is 0.727. The van der Waals surface area contributed by atoms with Crippen molar-refractivity contribution < 1.29 is 8.42 Å². The molecule has 1 aliphatic heterocycles. The lowest BCUT2D eigenvalue weighted by atomic mass is 9.98. The van der Waals surface area contributed by atoms with Gasteiger partial charge in [-0.15, -0.1) is 0 Å². The zero-order chi connectivity index (χ0) is 14.2. The zero-order valence-electron chi connectivity index (χ0n) is 11.3. The minimum atomic E-state index is -3.40. The first kappa shape index (κ1) is 14.1. The summed E-state index contributed by atoms with van der Waals surface area (Å²) >= 11 is 0. The maximum absolute atomic E-state index is 11.9. The second-order valence-electron chi connectivity index (χ2n) is 5.12. The molecule has 2 heterocycles. The predicted molar refractivity (Wildman–Crippen MR) is 74.7 cm³/mol. The van der Waals surface area contributed by atoms with Crippen molar-refractivity contribution >= 4 is 21.5 Å². The van der Waals surface area contributed by atoms with Crippen LogP contribution in [0, 0.1) is 5.92 Å². The van der Waals surface area contributed by atoms with Gasteiger partial charge in [-0.3, -0.25) is 0 Å². The van der Waals surface area contributed by atoms with E-state index in [0.29, 0.717) is 18.3 Å². The summed E-state index contributed by atoms with van der Waals surface area (Å²) in [7, 11) is -1.75. The number of aryl methyl sites for hydroxylation is 1. The molecule has 0 aliphatic carbocycles. The van der Waals surface area contributed by atoms with Crippen LogP contribution in [0.3, 0.4) is 0 Å². The number of aromatic nitrogens is 2. The standard InChI is InChI=1S/C11H21N5O2S/c1-15-10(13)9(19(2,17)18)11(14-15)16-5-3-4-8(6-12)7-16/h8H,3-7,12-13H2,1-2H3. The quantitative estimate of drug-likeness (QED) is 0.782. The van der Waals surface area contributed by atoms with Gasteiger partial charge in [0.15, 0.2) is 20.6 Å². The van der Waals surface area contributed by atoms with E-state index in [-0.39, 0.29) is 10.7 Å². The van der Waals surface area contributed by atoms with E-state index >= 15 is 0 Å². The lowest BCUT2D eigenvalue weighted by Crippen LogP contribution is -2.39. The van der Waals surface area contributed by atoms with Gasteiger partial charge in [-0.2, -0.15) is 5.10 Å². The van der Waals surface area contributed by atoms with Crippen molar-refractivity contribution in [1.29, 1.82) is 0 Å². The second-order valence-corrected chi connectivity index (χ2v) is 7.08. The summed E-state index contributed by atoms with van der Waals surface area (Å²) in [5.41, 5.74) is 11.5. The molecule has 1 saturated heterocycles. The molecule has 1 unspecified atom stereocenters. The Kier molecular flexibility index (Phi) is 3.73. The van der Waals surface area contributed by atoms with Crippen LogP contribution in [-0.4, -0.2) is 44.1 Å². The van der Waals surface area contributed by atoms with Gasteiger partial charge in [0.2, 0.25) is 0 Å². The Morgan fingerprint density at radius 2 is 2.16 bits per heavy atom. The Hall–Kier alpha value is -1.28. The number of rotatable bonds is 3. The highest BCUT2D eigenvalue weighted by Crippen LogP contribution is 2.31. The van der Waals surface area contributed by atoms with Crippen LogP contribution >= 0.6 is 0 Å². The van der Waals surface area contributed by atoms with Gasteiger partial charge in [0, 0.05) is 26.4 Å². The number of anilines is 2. The Bertz CT molecular complexity index is 566. The van der Waals surface area contributed by atoms with Gasteiger partial charge in [0.25, 0.3) is 0 Å². The average molecular weight is 287 g/mol. The van der Waals surface area contributed by atoms with E-state index in [1.165, 1.54) is 4.68 Å². The van der Waals surface area contributed by atoms with E-state index in [4.69, 9.17) is 11.5 Å². The molecule has 1 fully saturated rings. The van der Waals surface area contributed by atoms with Crippen LogP contribution in [0.5, 0.6) is 0 Å². The maximum Gasteiger partial charge on any atom is 0.182 e. The molecule has 8 heteroatoms. The first-order valence-corrected chi connectivity index (χ1v) is 8.21. The van der Waals surface area contributed by atoms with Crippen LogP contribution in [-0.2, 0) is 16.9 Å². The Morgan fingerprint density at radius 3 is 2.74 bits per heavy atom. The van der Waals surface area contributed by atoms with Gasteiger partial charge >= 0.3 is 0 Å². The summed E-state index contributed by atoms with van der Waals surface area (Å²) in [4.78, 5) is 2.11. The molecule has 19 heavy (non-hydrogen) atoms. The molecule has 0 bridgehead atoms.